The summed E-state index contributed by atoms with van der Waals surface area (Å²) in [5.41, 5.74) is 1.65. The number of ether oxygens (including phenoxy) is 1. The van der Waals surface area contributed by atoms with Crippen LogP contribution >= 0.6 is 0 Å². The molecule has 0 aromatic carbocycles. The fourth-order valence-electron chi connectivity index (χ4n) is 2.60. The molecule has 1 saturated heterocycles. The van der Waals surface area contributed by atoms with Crippen LogP contribution in [0.3, 0.4) is 0 Å². The first kappa shape index (κ1) is 14.4. The summed E-state index contributed by atoms with van der Waals surface area (Å²) in [6.07, 6.45) is 7.00. The van der Waals surface area contributed by atoms with Crippen LogP contribution in [0.4, 0.5) is 11.4 Å². The average Bonchev–Trinajstić information content (AvgIpc) is 2.96. The van der Waals surface area contributed by atoms with Crippen LogP contribution in [0.15, 0.2) is 30.7 Å². The number of hydrogen-bond acceptors (Lipinski definition) is 5. The lowest BCUT2D eigenvalue weighted by atomic mass is 10.0. The summed E-state index contributed by atoms with van der Waals surface area (Å²) < 4.78 is 6.74. The fourth-order valence-corrected chi connectivity index (χ4v) is 2.60. The van der Waals surface area contributed by atoms with Crippen molar-refractivity contribution in [2.24, 2.45) is 7.05 Å². The maximum Gasteiger partial charge on any atom is 0.249 e. The Kier molecular flexibility index (Phi) is 3.95. The topological polar surface area (TPSA) is 72.3 Å². The molecule has 0 spiro atoms. The van der Waals surface area contributed by atoms with Crippen molar-refractivity contribution in [3.05, 3.63) is 30.7 Å². The molecule has 7 heteroatoms. The smallest absolute Gasteiger partial charge is 0.249 e. The monoisotopic (exact) mass is 301 g/mol. The van der Waals surface area contributed by atoms with E-state index in [-0.39, 0.29) is 11.9 Å². The second-order valence-electron chi connectivity index (χ2n) is 5.29. The normalized spacial score (nSPS) is 18.4. The van der Waals surface area contributed by atoms with Crippen molar-refractivity contribution in [2.45, 2.75) is 18.9 Å². The third-order valence-electron chi connectivity index (χ3n) is 3.73. The van der Waals surface area contributed by atoms with Gasteiger partial charge in [0, 0.05) is 25.9 Å². The number of piperidine rings is 1. The van der Waals surface area contributed by atoms with Crippen LogP contribution in [0, 0.1) is 0 Å². The van der Waals surface area contributed by atoms with E-state index in [1.165, 1.54) is 0 Å². The zero-order valence-electron chi connectivity index (χ0n) is 12.7. The van der Waals surface area contributed by atoms with Crippen LogP contribution in [0.2, 0.25) is 0 Å². The summed E-state index contributed by atoms with van der Waals surface area (Å²) in [5, 5.41) is 7.38. The quantitative estimate of drug-likeness (QED) is 0.925. The van der Waals surface area contributed by atoms with Crippen molar-refractivity contribution in [1.29, 1.82) is 0 Å². The van der Waals surface area contributed by atoms with Gasteiger partial charge in [0.1, 0.15) is 6.04 Å². The zero-order chi connectivity index (χ0) is 15.5. The van der Waals surface area contributed by atoms with Crippen LogP contribution in [0.1, 0.15) is 12.8 Å². The number of methoxy groups -OCH3 is 1. The van der Waals surface area contributed by atoms with Crippen LogP contribution in [0.25, 0.3) is 0 Å². The lowest BCUT2D eigenvalue weighted by Crippen LogP contribution is -2.47. The largest absolute Gasteiger partial charge is 0.481 e. The molecule has 0 radical (unpaired) electrons. The molecular weight excluding hydrogens is 282 g/mol. The van der Waals surface area contributed by atoms with Gasteiger partial charge in [0.25, 0.3) is 0 Å². The molecule has 1 amide bonds. The Hall–Kier alpha value is -2.57. The number of rotatable bonds is 4. The van der Waals surface area contributed by atoms with E-state index in [1.807, 2.05) is 19.3 Å². The summed E-state index contributed by atoms with van der Waals surface area (Å²) in [6, 6.07) is 3.39. The standard InChI is InChI=1S/C15H19N5O2/c1-19-10-12(9-17-19)20-7-3-4-13(15(20)21)18-11-5-6-14(22-2)16-8-11/h5-6,8-10,13,18H,3-4,7H2,1-2H3/t13-/m1/s1. The number of carbonyl (C=O) groups is 1. The summed E-state index contributed by atoms with van der Waals surface area (Å²) in [4.78, 5) is 18.6. The van der Waals surface area contributed by atoms with E-state index in [0.717, 1.165) is 30.8 Å². The SMILES string of the molecule is COc1ccc(N[C@@H]2CCCN(c3cnn(C)c3)C2=O)cn1. The van der Waals surface area contributed by atoms with Crippen molar-refractivity contribution in [3.8, 4) is 5.88 Å². The molecule has 0 bridgehead atoms. The molecular formula is C15H19N5O2. The fraction of sp³-hybridized carbons (Fsp3) is 0.400. The minimum absolute atomic E-state index is 0.0649. The molecule has 1 fully saturated rings. The predicted molar refractivity (Wildman–Crippen MR) is 83.0 cm³/mol. The molecule has 1 aliphatic heterocycles. The van der Waals surface area contributed by atoms with Crippen LogP contribution < -0.4 is 15.0 Å². The third kappa shape index (κ3) is 2.88. The molecule has 3 rings (SSSR count). The number of anilines is 2. The van der Waals surface area contributed by atoms with Crippen molar-refractivity contribution in [2.75, 3.05) is 23.9 Å². The van der Waals surface area contributed by atoms with E-state index in [1.54, 1.807) is 35.2 Å². The summed E-state index contributed by atoms with van der Waals surface area (Å²) >= 11 is 0. The Labute approximate surface area is 128 Å². The van der Waals surface area contributed by atoms with Gasteiger partial charge in [0.2, 0.25) is 11.8 Å². The average molecular weight is 301 g/mol. The van der Waals surface area contributed by atoms with Gasteiger partial charge < -0.3 is 15.0 Å². The van der Waals surface area contributed by atoms with Crippen LogP contribution in [-0.4, -0.2) is 40.4 Å². The molecule has 0 aliphatic carbocycles. The highest BCUT2D eigenvalue weighted by Gasteiger charge is 2.30. The highest BCUT2D eigenvalue weighted by Crippen LogP contribution is 2.23. The first-order chi connectivity index (χ1) is 10.7. The van der Waals surface area contributed by atoms with Crippen molar-refractivity contribution in [1.82, 2.24) is 14.8 Å². The lowest BCUT2D eigenvalue weighted by Gasteiger charge is -2.32. The first-order valence-electron chi connectivity index (χ1n) is 7.24. The van der Waals surface area contributed by atoms with Crippen LogP contribution in [-0.2, 0) is 11.8 Å². The predicted octanol–water partition coefficient (Wildman–Crippen LogP) is 1.43. The van der Waals surface area contributed by atoms with E-state index in [2.05, 4.69) is 15.4 Å². The van der Waals surface area contributed by atoms with E-state index in [4.69, 9.17) is 4.74 Å². The van der Waals surface area contributed by atoms with Crippen molar-refractivity contribution in [3.63, 3.8) is 0 Å². The van der Waals surface area contributed by atoms with E-state index in [0.29, 0.717) is 5.88 Å². The number of pyridine rings is 1. The van der Waals surface area contributed by atoms with E-state index >= 15 is 0 Å². The van der Waals surface area contributed by atoms with Gasteiger partial charge in [-0.1, -0.05) is 0 Å². The molecule has 1 aliphatic rings. The second kappa shape index (κ2) is 6.05. The Balaban J connectivity index is 1.72. The molecule has 0 saturated carbocycles. The van der Waals surface area contributed by atoms with Gasteiger partial charge in [-0.3, -0.25) is 9.48 Å². The van der Waals surface area contributed by atoms with Gasteiger partial charge in [-0.15, -0.1) is 0 Å². The van der Waals surface area contributed by atoms with Gasteiger partial charge in [0.15, 0.2) is 0 Å². The molecule has 2 aromatic rings. The number of aromatic nitrogens is 3. The van der Waals surface area contributed by atoms with Crippen molar-refractivity contribution >= 4 is 17.3 Å². The molecule has 116 valence electrons. The number of amides is 1. The summed E-state index contributed by atoms with van der Waals surface area (Å²) in [7, 11) is 3.42. The Bertz CT molecular complexity index is 652. The Morgan fingerprint density at radius 2 is 2.23 bits per heavy atom. The molecule has 0 unspecified atom stereocenters. The maximum atomic E-state index is 12.6. The molecule has 7 nitrogen and oxygen atoms in total. The van der Waals surface area contributed by atoms with Gasteiger partial charge in [-0.05, 0) is 18.9 Å². The molecule has 2 aromatic heterocycles. The molecule has 1 N–H and O–H groups in total. The van der Waals surface area contributed by atoms with E-state index < -0.39 is 0 Å². The van der Waals surface area contributed by atoms with Gasteiger partial charge in [-0.2, -0.15) is 5.10 Å². The third-order valence-corrected chi connectivity index (χ3v) is 3.73. The second-order valence-corrected chi connectivity index (χ2v) is 5.29. The minimum atomic E-state index is -0.246. The van der Waals surface area contributed by atoms with E-state index in [9.17, 15) is 4.79 Å². The minimum Gasteiger partial charge on any atom is -0.481 e. The van der Waals surface area contributed by atoms with Crippen molar-refractivity contribution < 1.29 is 9.53 Å². The molecule has 3 heterocycles. The van der Waals surface area contributed by atoms with Crippen LogP contribution in [0.5, 0.6) is 5.88 Å². The number of aryl methyl sites for hydroxylation is 1. The van der Waals surface area contributed by atoms with Gasteiger partial charge in [0.05, 0.1) is 30.9 Å². The number of carbonyl (C=O) groups excluding carboxylic acids is 1. The Morgan fingerprint density at radius 3 is 2.86 bits per heavy atom. The first-order valence-corrected chi connectivity index (χ1v) is 7.24. The number of nitrogens with one attached hydrogen (secondary N) is 1. The highest BCUT2D eigenvalue weighted by molar-refractivity contribution is 5.99. The van der Waals surface area contributed by atoms with Gasteiger partial charge in [-0.25, -0.2) is 4.98 Å². The van der Waals surface area contributed by atoms with Gasteiger partial charge >= 0.3 is 0 Å². The summed E-state index contributed by atoms with van der Waals surface area (Å²) in [5.74, 6) is 0.618. The maximum absolute atomic E-state index is 12.6. The summed E-state index contributed by atoms with van der Waals surface area (Å²) in [6.45, 7) is 0.726. The zero-order valence-corrected chi connectivity index (χ0v) is 12.7. The Morgan fingerprint density at radius 1 is 1.36 bits per heavy atom. The highest BCUT2D eigenvalue weighted by atomic mass is 16.5. The molecule has 1 atom stereocenters. The number of hydrogen-bond donors (Lipinski definition) is 1. The molecule has 22 heavy (non-hydrogen) atoms. The number of nitrogens with zero attached hydrogens (tertiary/aromatic N) is 4. The lowest BCUT2D eigenvalue weighted by molar-refractivity contribution is -0.120.